The highest BCUT2D eigenvalue weighted by Crippen LogP contribution is 2.16. The van der Waals surface area contributed by atoms with Gasteiger partial charge in [-0.2, -0.15) is 0 Å². The first-order valence-corrected chi connectivity index (χ1v) is 5.29. The number of aryl methyl sites for hydroxylation is 1. The molecule has 0 spiro atoms. The van der Waals surface area contributed by atoms with Crippen LogP contribution < -0.4 is 5.32 Å². The number of amides is 1. The molecule has 1 unspecified atom stereocenters. The van der Waals surface area contributed by atoms with Gasteiger partial charge < -0.3 is 15.5 Å². The summed E-state index contributed by atoms with van der Waals surface area (Å²) < 4.78 is 0. The van der Waals surface area contributed by atoms with E-state index in [1.807, 2.05) is 0 Å². The third-order valence-corrected chi connectivity index (χ3v) is 2.36. The number of rotatable bonds is 5. The van der Waals surface area contributed by atoms with Crippen molar-refractivity contribution in [2.75, 3.05) is 0 Å². The number of hydrogen-bond donors (Lipinski definition) is 3. The quantitative estimate of drug-likeness (QED) is 0.710. The SMILES string of the molecule is CC(NC(=O)CCc1ccccc1O)C(=O)O. The minimum Gasteiger partial charge on any atom is -0.508 e. The minimum atomic E-state index is -1.07. The number of nitrogens with one attached hydrogen (secondary N) is 1. The Morgan fingerprint density at radius 1 is 1.35 bits per heavy atom. The summed E-state index contributed by atoms with van der Waals surface area (Å²) in [5.74, 6) is -1.27. The number of para-hydroxylation sites is 1. The van der Waals surface area contributed by atoms with Gasteiger partial charge >= 0.3 is 5.97 Å². The second-order valence-corrected chi connectivity index (χ2v) is 3.76. The molecule has 0 bridgehead atoms. The molecule has 1 atom stereocenters. The third kappa shape index (κ3) is 4.14. The van der Waals surface area contributed by atoms with Crippen LogP contribution in [0.15, 0.2) is 24.3 Å². The predicted molar refractivity (Wildman–Crippen MR) is 61.7 cm³/mol. The molecule has 0 radical (unpaired) electrons. The van der Waals surface area contributed by atoms with Gasteiger partial charge in [0.05, 0.1) is 0 Å². The second-order valence-electron chi connectivity index (χ2n) is 3.76. The van der Waals surface area contributed by atoms with E-state index in [1.54, 1.807) is 24.3 Å². The number of aromatic hydroxyl groups is 1. The van der Waals surface area contributed by atoms with E-state index in [9.17, 15) is 14.7 Å². The minimum absolute atomic E-state index is 0.145. The van der Waals surface area contributed by atoms with E-state index in [0.29, 0.717) is 12.0 Å². The lowest BCUT2D eigenvalue weighted by molar-refractivity contribution is -0.141. The molecule has 1 amide bonds. The topological polar surface area (TPSA) is 86.6 Å². The number of hydrogen-bond acceptors (Lipinski definition) is 3. The standard InChI is InChI=1S/C12H15NO4/c1-8(12(16)17)13-11(15)7-6-9-4-2-3-5-10(9)14/h2-5,8,14H,6-7H2,1H3,(H,13,15)(H,16,17). The van der Waals surface area contributed by atoms with E-state index in [0.717, 1.165) is 0 Å². The zero-order valence-electron chi connectivity index (χ0n) is 9.51. The first-order valence-electron chi connectivity index (χ1n) is 5.29. The lowest BCUT2D eigenvalue weighted by atomic mass is 10.1. The van der Waals surface area contributed by atoms with Crippen LogP contribution in [0.1, 0.15) is 18.9 Å². The Bertz CT molecular complexity index is 417. The van der Waals surface area contributed by atoms with Crippen LogP contribution in [-0.4, -0.2) is 28.1 Å². The van der Waals surface area contributed by atoms with Crippen molar-refractivity contribution in [2.24, 2.45) is 0 Å². The Morgan fingerprint density at radius 2 is 2.00 bits per heavy atom. The van der Waals surface area contributed by atoms with Gasteiger partial charge in [0.15, 0.2) is 0 Å². The molecule has 0 aromatic heterocycles. The fourth-order valence-corrected chi connectivity index (χ4v) is 1.35. The number of carboxylic acids is 1. The van der Waals surface area contributed by atoms with Crippen LogP contribution in [0.4, 0.5) is 0 Å². The highest BCUT2D eigenvalue weighted by molar-refractivity contribution is 5.83. The monoisotopic (exact) mass is 237 g/mol. The van der Waals surface area contributed by atoms with Crippen molar-refractivity contribution in [1.29, 1.82) is 0 Å². The summed E-state index contributed by atoms with van der Waals surface area (Å²) in [6, 6.07) is 5.85. The molecule has 5 heteroatoms. The molecule has 92 valence electrons. The summed E-state index contributed by atoms with van der Waals surface area (Å²) in [4.78, 5) is 21.9. The Hall–Kier alpha value is -2.04. The predicted octanol–water partition coefficient (Wildman–Crippen LogP) is 0.914. The number of carbonyl (C=O) groups is 2. The maximum absolute atomic E-state index is 11.4. The van der Waals surface area contributed by atoms with Crippen LogP contribution in [0.5, 0.6) is 5.75 Å². The van der Waals surface area contributed by atoms with Crippen molar-refractivity contribution in [3.05, 3.63) is 29.8 Å². The molecule has 0 fully saturated rings. The summed E-state index contributed by atoms with van der Waals surface area (Å²) in [5, 5.41) is 20.4. The van der Waals surface area contributed by atoms with Gasteiger partial charge in [-0.25, -0.2) is 0 Å². The van der Waals surface area contributed by atoms with Gasteiger partial charge in [0.1, 0.15) is 11.8 Å². The fourth-order valence-electron chi connectivity index (χ4n) is 1.35. The number of phenols is 1. The van der Waals surface area contributed by atoms with E-state index >= 15 is 0 Å². The maximum atomic E-state index is 11.4. The largest absolute Gasteiger partial charge is 0.508 e. The van der Waals surface area contributed by atoms with Crippen LogP contribution in [0.3, 0.4) is 0 Å². The lowest BCUT2D eigenvalue weighted by Gasteiger charge is -2.09. The van der Waals surface area contributed by atoms with Crippen LogP contribution in [0.2, 0.25) is 0 Å². The van der Waals surface area contributed by atoms with E-state index in [-0.39, 0.29) is 18.1 Å². The average molecular weight is 237 g/mol. The molecule has 0 saturated carbocycles. The van der Waals surface area contributed by atoms with Gasteiger partial charge in [0, 0.05) is 6.42 Å². The number of aliphatic carboxylic acids is 1. The molecule has 1 aromatic carbocycles. The molecule has 1 rings (SSSR count). The van der Waals surface area contributed by atoms with Crippen molar-refractivity contribution >= 4 is 11.9 Å². The van der Waals surface area contributed by atoms with Crippen molar-refractivity contribution < 1.29 is 19.8 Å². The maximum Gasteiger partial charge on any atom is 0.325 e. The summed E-state index contributed by atoms with van der Waals surface area (Å²) in [5.41, 5.74) is 0.672. The molecule has 3 N–H and O–H groups in total. The van der Waals surface area contributed by atoms with Crippen molar-refractivity contribution in [1.82, 2.24) is 5.32 Å². The molecule has 0 aliphatic carbocycles. The molecule has 0 aliphatic heterocycles. The molecule has 0 aliphatic rings. The number of carboxylic acid groups (broad SMARTS) is 1. The van der Waals surface area contributed by atoms with Gasteiger partial charge in [0.2, 0.25) is 5.91 Å². The lowest BCUT2D eigenvalue weighted by Crippen LogP contribution is -2.38. The Morgan fingerprint density at radius 3 is 2.59 bits per heavy atom. The molecule has 17 heavy (non-hydrogen) atoms. The van der Waals surface area contributed by atoms with Gasteiger partial charge in [-0.3, -0.25) is 9.59 Å². The van der Waals surface area contributed by atoms with E-state index in [1.165, 1.54) is 6.92 Å². The second kappa shape index (κ2) is 5.89. The van der Waals surface area contributed by atoms with Crippen LogP contribution in [-0.2, 0) is 16.0 Å². The highest BCUT2D eigenvalue weighted by Gasteiger charge is 2.13. The van der Waals surface area contributed by atoms with E-state index in [2.05, 4.69) is 5.32 Å². The summed E-state index contributed by atoms with van der Waals surface area (Å²) in [7, 11) is 0. The Balaban J connectivity index is 2.44. The summed E-state index contributed by atoms with van der Waals surface area (Å²) in [6.45, 7) is 1.40. The van der Waals surface area contributed by atoms with Gasteiger partial charge in [-0.1, -0.05) is 18.2 Å². The number of phenolic OH excluding ortho intramolecular Hbond substituents is 1. The summed E-state index contributed by atoms with van der Waals surface area (Å²) >= 11 is 0. The smallest absolute Gasteiger partial charge is 0.325 e. The molecular weight excluding hydrogens is 222 g/mol. The zero-order chi connectivity index (χ0) is 12.8. The molecule has 5 nitrogen and oxygen atoms in total. The van der Waals surface area contributed by atoms with Crippen LogP contribution in [0.25, 0.3) is 0 Å². The zero-order valence-corrected chi connectivity index (χ0v) is 9.51. The van der Waals surface area contributed by atoms with Crippen molar-refractivity contribution in [3.63, 3.8) is 0 Å². The first-order chi connectivity index (χ1) is 8.00. The normalized spacial score (nSPS) is 11.8. The molecule has 0 heterocycles. The third-order valence-electron chi connectivity index (χ3n) is 2.36. The molecule has 1 aromatic rings. The highest BCUT2D eigenvalue weighted by atomic mass is 16.4. The first kappa shape index (κ1) is 13.0. The molecule has 0 saturated heterocycles. The van der Waals surface area contributed by atoms with Crippen LogP contribution in [0, 0.1) is 0 Å². The van der Waals surface area contributed by atoms with Gasteiger partial charge in [-0.05, 0) is 25.0 Å². The van der Waals surface area contributed by atoms with Crippen molar-refractivity contribution in [3.8, 4) is 5.75 Å². The van der Waals surface area contributed by atoms with Crippen molar-refractivity contribution in [2.45, 2.75) is 25.8 Å². The Kier molecular flexibility index (Phi) is 4.51. The average Bonchev–Trinajstić information content (AvgIpc) is 2.27. The van der Waals surface area contributed by atoms with E-state index < -0.39 is 12.0 Å². The van der Waals surface area contributed by atoms with Gasteiger partial charge in [-0.15, -0.1) is 0 Å². The van der Waals surface area contributed by atoms with Gasteiger partial charge in [0.25, 0.3) is 0 Å². The van der Waals surface area contributed by atoms with E-state index in [4.69, 9.17) is 5.11 Å². The fraction of sp³-hybridized carbons (Fsp3) is 0.333. The number of carbonyl (C=O) groups excluding carboxylic acids is 1. The Labute approximate surface area is 99.1 Å². The summed E-state index contributed by atoms with van der Waals surface area (Å²) in [6.07, 6.45) is 0.528. The van der Waals surface area contributed by atoms with Crippen LogP contribution >= 0.6 is 0 Å². The molecular formula is C12H15NO4. The number of benzene rings is 1.